The molecule has 1 radical (unpaired) electrons. The molecular weight excluding hydrogens is 363 g/mol. The van der Waals surface area contributed by atoms with Crippen LogP contribution >= 0.6 is 0 Å². The van der Waals surface area contributed by atoms with Gasteiger partial charge in [-0.25, -0.2) is 0 Å². The molecule has 0 aromatic heterocycles. The average Bonchev–Trinajstić information content (AvgIpc) is 3.13. The van der Waals surface area contributed by atoms with Gasteiger partial charge in [0.15, 0.2) is 0 Å². The van der Waals surface area contributed by atoms with Crippen molar-refractivity contribution in [1.82, 2.24) is 0 Å². The Morgan fingerprint density at radius 1 is 1.14 bits per heavy atom. The number of ether oxygens (including phenoxy) is 3. The summed E-state index contributed by atoms with van der Waals surface area (Å²) in [5.41, 5.74) is 3.33. The molecule has 1 aromatic carbocycles. The second-order valence-electron chi connectivity index (χ2n) is 8.29. The van der Waals surface area contributed by atoms with Gasteiger partial charge in [0, 0.05) is 0 Å². The van der Waals surface area contributed by atoms with Crippen molar-refractivity contribution in [2.24, 2.45) is 5.41 Å². The van der Waals surface area contributed by atoms with Crippen molar-refractivity contribution in [2.45, 2.75) is 71.6 Å². The number of allylic oxidation sites excluding steroid dienone is 1. The molecule has 1 fully saturated rings. The number of hydrogen-bond donors (Lipinski definition) is 0. The Hall–Kier alpha value is -2.04. The van der Waals surface area contributed by atoms with Crippen molar-refractivity contribution >= 4 is 19.1 Å². The molecule has 1 aromatic rings. The first-order valence-corrected chi connectivity index (χ1v) is 10.9. The van der Waals surface area contributed by atoms with E-state index in [1.807, 2.05) is 25.1 Å². The monoisotopic (exact) mass is 395 g/mol. The van der Waals surface area contributed by atoms with Crippen LogP contribution in [0.1, 0.15) is 70.8 Å². The van der Waals surface area contributed by atoms with Gasteiger partial charge in [-0.05, 0) is 19.3 Å². The van der Waals surface area contributed by atoms with E-state index in [0.29, 0.717) is 48.6 Å². The minimum absolute atomic E-state index is 0.353. The Balaban J connectivity index is 1.66. The summed E-state index contributed by atoms with van der Waals surface area (Å²) in [6, 6.07) is 5.75. The second kappa shape index (κ2) is 10.1. The molecule has 155 valence electrons. The Labute approximate surface area is 175 Å². The zero-order valence-electron chi connectivity index (χ0n) is 17.8. The van der Waals surface area contributed by atoms with E-state index in [9.17, 15) is 4.79 Å². The van der Waals surface area contributed by atoms with Gasteiger partial charge in [-0.1, -0.05) is 12.8 Å². The standard InChI is InChI=1S/C24H32BO4/c1-3-27-23(25)11-9-19-8-10-21(22(15-19)29-18(2)26)28-17-20-7-6-14-24(16-20)12-4-5-13-24/h8,10,15-16H,3-7,9,11-14,17H2,1-2H3. The van der Waals surface area contributed by atoms with E-state index < -0.39 is 0 Å². The topological polar surface area (TPSA) is 44.8 Å². The van der Waals surface area contributed by atoms with Crippen LogP contribution in [0.25, 0.3) is 0 Å². The molecule has 0 unspecified atom stereocenters. The summed E-state index contributed by atoms with van der Waals surface area (Å²) >= 11 is 0. The molecule has 0 amide bonds. The molecular formula is C24H32BO4. The molecule has 1 spiro atoms. The summed E-state index contributed by atoms with van der Waals surface area (Å²) in [6.07, 6.45) is 12.8. The van der Waals surface area contributed by atoms with E-state index in [0.717, 1.165) is 12.0 Å². The minimum atomic E-state index is -0.353. The first-order chi connectivity index (χ1) is 14.0. The molecule has 1 saturated carbocycles. The number of benzene rings is 1. The van der Waals surface area contributed by atoms with Crippen LogP contribution in [-0.2, 0) is 16.0 Å². The fourth-order valence-corrected chi connectivity index (χ4v) is 4.59. The zero-order valence-corrected chi connectivity index (χ0v) is 17.8. The molecule has 0 aliphatic heterocycles. The van der Waals surface area contributed by atoms with Gasteiger partial charge in [-0.3, -0.25) is 0 Å². The van der Waals surface area contributed by atoms with Gasteiger partial charge in [0.25, 0.3) is 0 Å². The van der Waals surface area contributed by atoms with E-state index >= 15 is 0 Å². The molecule has 0 heterocycles. The Kier molecular flexibility index (Phi) is 7.57. The number of carbonyl (C=O) groups excluding carboxylic acids is 1. The van der Waals surface area contributed by atoms with Gasteiger partial charge in [-0.2, -0.15) is 0 Å². The predicted molar refractivity (Wildman–Crippen MR) is 117 cm³/mol. The van der Waals surface area contributed by atoms with Crippen molar-refractivity contribution in [3.8, 4) is 11.5 Å². The Bertz CT molecular complexity index is 762. The van der Waals surface area contributed by atoms with Crippen LogP contribution < -0.4 is 9.47 Å². The van der Waals surface area contributed by atoms with Gasteiger partial charge in [0.05, 0.1) is 0 Å². The first-order valence-electron chi connectivity index (χ1n) is 10.9. The summed E-state index contributed by atoms with van der Waals surface area (Å²) in [6.45, 7) is 4.44. The third kappa shape index (κ3) is 6.22. The number of carbonyl (C=O) groups is 1. The summed E-state index contributed by atoms with van der Waals surface area (Å²) in [7, 11) is 5.84. The van der Waals surface area contributed by atoms with E-state index in [4.69, 9.17) is 21.7 Å². The number of esters is 1. The molecule has 3 rings (SSSR count). The number of rotatable bonds is 9. The third-order valence-corrected chi connectivity index (χ3v) is 5.95. The van der Waals surface area contributed by atoms with Crippen LogP contribution in [-0.4, -0.2) is 32.3 Å². The molecule has 2 aliphatic rings. The molecule has 0 saturated heterocycles. The third-order valence-electron chi connectivity index (χ3n) is 5.95. The Morgan fingerprint density at radius 3 is 2.62 bits per heavy atom. The maximum absolute atomic E-state index is 11.6. The fourth-order valence-electron chi connectivity index (χ4n) is 4.59. The summed E-state index contributed by atoms with van der Waals surface area (Å²) in [5.74, 6) is 0.726. The van der Waals surface area contributed by atoms with Crippen molar-refractivity contribution in [2.75, 3.05) is 13.2 Å². The van der Waals surface area contributed by atoms with Gasteiger partial charge in [0.1, 0.15) is 0 Å². The number of aryl methyl sites for hydroxylation is 1. The van der Waals surface area contributed by atoms with Crippen LogP contribution in [0.3, 0.4) is 0 Å². The van der Waals surface area contributed by atoms with E-state index in [-0.39, 0.29) is 5.97 Å². The van der Waals surface area contributed by atoms with Crippen molar-refractivity contribution in [3.05, 3.63) is 35.4 Å². The molecule has 0 N–H and O–H groups in total. The molecule has 29 heavy (non-hydrogen) atoms. The van der Waals surface area contributed by atoms with Crippen LogP contribution in [0.15, 0.2) is 29.8 Å². The van der Waals surface area contributed by atoms with Gasteiger partial charge < -0.3 is 0 Å². The van der Waals surface area contributed by atoms with Crippen molar-refractivity contribution in [1.29, 1.82) is 0 Å². The summed E-state index contributed by atoms with van der Waals surface area (Å²) in [4.78, 5) is 11.6. The average molecular weight is 395 g/mol. The zero-order chi connectivity index (χ0) is 20.7. The SMILES string of the molecule is [B]=C(CCc1ccc(OCC2=CC3(CCCC3)CCC2)c(OC(C)=O)c1)OCC. The molecule has 4 nitrogen and oxygen atoms in total. The molecule has 2 aliphatic carbocycles. The Morgan fingerprint density at radius 2 is 1.90 bits per heavy atom. The van der Waals surface area contributed by atoms with Gasteiger partial charge in [-0.15, -0.1) is 0 Å². The van der Waals surface area contributed by atoms with Crippen LogP contribution in [0.2, 0.25) is 0 Å². The van der Waals surface area contributed by atoms with Crippen molar-refractivity contribution < 1.29 is 19.0 Å². The van der Waals surface area contributed by atoms with Gasteiger partial charge >= 0.3 is 143 Å². The first kappa shape index (κ1) is 21.7. The predicted octanol–water partition coefficient (Wildman–Crippen LogP) is 4.93. The molecule has 5 heteroatoms. The van der Waals surface area contributed by atoms with Crippen LogP contribution in [0.5, 0.6) is 11.5 Å². The van der Waals surface area contributed by atoms with E-state index in [1.54, 1.807) is 0 Å². The summed E-state index contributed by atoms with van der Waals surface area (Å²) < 4.78 is 16.8. The molecule has 0 bridgehead atoms. The number of hydrogen-bond acceptors (Lipinski definition) is 4. The van der Waals surface area contributed by atoms with E-state index in [1.165, 1.54) is 51.0 Å². The quantitative estimate of drug-likeness (QED) is 0.257. The molecule has 0 atom stereocenters. The normalized spacial score (nSPS) is 17.6. The maximum atomic E-state index is 11.6. The van der Waals surface area contributed by atoms with Crippen LogP contribution in [0, 0.1) is 5.41 Å². The van der Waals surface area contributed by atoms with E-state index in [2.05, 4.69) is 6.08 Å². The summed E-state index contributed by atoms with van der Waals surface area (Å²) in [5, 5.41) is 0. The van der Waals surface area contributed by atoms with Gasteiger partial charge in [0.2, 0.25) is 0 Å². The second-order valence-corrected chi connectivity index (χ2v) is 8.29. The van der Waals surface area contributed by atoms with Crippen molar-refractivity contribution in [3.63, 3.8) is 0 Å². The van der Waals surface area contributed by atoms with Crippen LogP contribution in [0.4, 0.5) is 0 Å². The fraction of sp³-hybridized carbons (Fsp3) is 0.583.